The number of hydrogen-bond donors (Lipinski definition) is 2. The van der Waals surface area contributed by atoms with Crippen molar-refractivity contribution < 1.29 is 14.7 Å². The van der Waals surface area contributed by atoms with E-state index in [0.29, 0.717) is 12.1 Å². The zero-order valence-electron chi connectivity index (χ0n) is 10.7. The highest BCUT2D eigenvalue weighted by Gasteiger charge is 2.16. The molecular formula is C12H17N3O3. The number of aliphatic carboxylic acids is 1. The molecule has 0 radical (unpaired) electrons. The molecule has 98 valence electrons. The van der Waals surface area contributed by atoms with Gasteiger partial charge in [0.2, 0.25) is 0 Å². The lowest BCUT2D eigenvalue weighted by Crippen LogP contribution is -2.28. The van der Waals surface area contributed by atoms with Gasteiger partial charge in [0.1, 0.15) is 11.7 Å². The van der Waals surface area contributed by atoms with Gasteiger partial charge in [-0.3, -0.25) is 9.78 Å². The number of carbonyl (C=O) groups excluding carboxylic acids is 1. The van der Waals surface area contributed by atoms with E-state index >= 15 is 0 Å². The maximum atomic E-state index is 11.7. The molecule has 0 saturated carbocycles. The first-order valence-electron chi connectivity index (χ1n) is 5.62. The Hall–Kier alpha value is -2.11. The van der Waals surface area contributed by atoms with Gasteiger partial charge in [0, 0.05) is 26.0 Å². The first-order chi connectivity index (χ1) is 8.45. The van der Waals surface area contributed by atoms with Crippen LogP contribution >= 0.6 is 0 Å². The van der Waals surface area contributed by atoms with E-state index in [2.05, 4.69) is 10.3 Å². The summed E-state index contributed by atoms with van der Waals surface area (Å²) in [5.74, 6) is -1.14. The summed E-state index contributed by atoms with van der Waals surface area (Å²) in [6.45, 7) is 1.78. The molecule has 1 amide bonds. The van der Waals surface area contributed by atoms with E-state index in [1.54, 1.807) is 33.2 Å². The number of nitrogens with one attached hydrogen (secondary N) is 1. The third-order valence-electron chi connectivity index (χ3n) is 2.43. The molecule has 0 fully saturated rings. The number of carbonyl (C=O) groups is 2. The number of carboxylic acids is 1. The van der Waals surface area contributed by atoms with Crippen LogP contribution in [0.3, 0.4) is 0 Å². The highest BCUT2D eigenvalue weighted by atomic mass is 16.4. The van der Waals surface area contributed by atoms with Crippen LogP contribution in [0, 0.1) is 0 Å². The third kappa shape index (κ3) is 3.44. The first-order valence-corrected chi connectivity index (χ1v) is 5.62. The number of rotatable bonds is 5. The van der Waals surface area contributed by atoms with Crippen LogP contribution in [0.4, 0.5) is 5.69 Å². The molecule has 1 unspecified atom stereocenters. The molecule has 1 heterocycles. The van der Waals surface area contributed by atoms with Crippen LogP contribution in [0.25, 0.3) is 0 Å². The number of amides is 1. The largest absolute Gasteiger partial charge is 0.480 e. The van der Waals surface area contributed by atoms with Crippen molar-refractivity contribution >= 4 is 17.6 Å². The number of pyridine rings is 1. The quantitative estimate of drug-likeness (QED) is 0.817. The predicted molar refractivity (Wildman–Crippen MR) is 67.6 cm³/mol. The summed E-state index contributed by atoms with van der Waals surface area (Å²) >= 11 is 0. The normalized spacial score (nSPS) is 11.7. The minimum absolute atomic E-state index is 0.220. The van der Waals surface area contributed by atoms with Gasteiger partial charge in [-0.25, -0.2) is 4.79 Å². The minimum atomic E-state index is -0.921. The number of aromatic nitrogens is 1. The topological polar surface area (TPSA) is 82.5 Å². The number of hydrogen-bond acceptors (Lipinski definition) is 4. The van der Waals surface area contributed by atoms with E-state index in [4.69, 9.17) is 5.11 Å². The fraction of sp³-hybridized carbons (Fsp3) is 0.417. The molecule has 0 aliphatic rings. The Morgan fingerprint density at radius 1 is 1.50 bits per heavy atom. The molecule has 0 spiro atoms. The SMILES string of the molecule is CCC(Nc1ccnc(C(=O)N(C)C)c1)C(=O)O. The van der Waals surface area contributed by atoms with Crippen molar-refractivity contribution in [3.8, 4) is 0 Å². The van der Waals surface area contributed by atoms with Crippen LogP contribution in [-0.4, -0.2) is 47.0 Å². The lowest BCUT2D eigenvalue weighted by molar-refractivity contribution is -0.137. The molecule has 0 saturated heterocycles. The minimum Gasteiger partial charge on any atom is -0.480 e. The van der Waals surface area contributed by atoms with Crippen molar-refractivity contribution in [1.82, 2.24) is 9.88 Å². The van der Waals surface area contributed by atoms with Crippen LogP contribution in [-0.2, 0) is 4.79 Å². The lowest BCUT2D eigenvalue weighted by Gasteiger charge is -2.15. The van der Waals surface area contributed by atoms with Crippen molar-refractivity contribution in [2.75, 3.05) is 19.4 Å². The molecule has 6 nitrogen and oxygen atoms in total. The summed E-state index contributed by atoms with van der Waals surface area (Å²) in [4.78, 5) is 28.0. The van der Waals surface area contributed by atoms with Gasteiger partial charge in [-0.15, -0.1) is 0 Å². The van der Waals surface area contributed by atoms with Gasteiger partial charge in [0.05, 0.1) is 0 Å². The van der Waals surface area contributed by atoms with Crippen LogP contribution in [0.15, 0.2) is 18.3 Å². The summed E-state index contributed by atoms with van der Waals surface area (Å²) in [6.07, 6.45) is 1.93. The second-order valence-corrected chi connectivity index (χ2v) is 4.07. The maximum Gasteiger partial charge on any atom is 0.326 e. The zero-order chi connectivity index (χ0) is 13.7. The smallest absolute Gasteiger partial charge is 0.326 e. The first kappa shape index (κ1) is 14.0. The van der Waals surface area contributed by atoms with Crippen molar-refractivity contribution in [3.05, 3.63) is 24.0 Å². The summed E-state index contributed by atoms with van der Waals surface area (Å²) in [5.41, 5.74) is 0.856. The molecule has 1 rings (SSSR count). The van der Waals surface area contributed by atoms with E-state index in [1.165, 1.54) is 11.1 Å². The van der Waals surface area contributed by atoms with E-state index in [9.17, 15) is 9.59 Å². The van der Waals surface area contributed by atoms with Crippen LogP contribution < -0.4 is 5.32 Å². The monoisotopic (exact) mass is 251 g/mol. The standard InChI is InChI=1S/C12H17N3O3/c1-4-9(12(17)18)14-8-5-6-13-10(7-8)11(16)15(2)3/h5-7,9H,4H2,1-3H3,(H,13,14)(H,17,18). The van der Waals surface area contributed by atoms with Crippen molar-refractivity contribution in [1.29, 1.82) is 0 Å². The zero-order valence-corrected chi connectivity index (χ0v) is 10.7. The van der Waals surface area contributed by atoms with Crippen molar-refractivity contribution in [2.45, 2.75) is 19.4 Å². The number of carboxylic acid groups (broad SMARTS) is 1. The lowest BCUT2D eigenvalue weighted by atomic mass is 10.2. The Bertz CT molecular complexity index is 446. The summed E-state index contributed by atoms with van der Waals surface area (Å²) in [7, 11) is 3.27. The Morgan fingerprint density at radius 3 is 2.67 bits per heavy atom. The summed E-state index contributed by atoms with van der Waals surface area (Å²) < 4.78 is 0. The van der Waals surface area contributed by atoms with Gasteiger partial charge in [-0.2, -0.15) is 0 Å². The van der Waals surface area contributed by atoms with Gasteiger partial charge < -0.3 is 15.3 Å². The fourth-order valence-corrected chi connectivity index (χ4v) is 1.41. The molecule has 2 N–H and O–H groups in total. The van der Waals surface area contributed by atoms with Gasteiger partial charge in [0.25, 0.3) is 5.91 Å². The van der Waals surface area contributed by atoms with E-state index in [0.717, 1.165) is 0 Å². The summed E-state index contributed by atoms with van der Waals surface area (Å²) in [5, 5.41) is 11.8. The molecule has 18 heavy (non-hydrogen) atoms. The van der Waals surface area contributed by atoms with Crippen molar-refractivity contribution in [3.63, 3.8) is 0 Å². The molecule has 0 aliphatic heterocycles. The highest BCUT2D eigenvalue weighted by molar-refractivity contribution is 5.92. The van der Waals surface area contributed by atoms with E-state index < -0.39 is 12.0 Å². The molecule has 1 aromatic rings. The second kappa shape index (κ2) is 6.00. The van der Waals surface area contributed by atoms with Gasteiger partial charge in [-0.1, -0.05) is 6.92 Å². The van der Waals surface area contributed by atoms with Gasteiger partial charge in [0.15, 0.2) is 0 Å². The molecule has 6 heteroatoms. The third-order valence-corrected chi connectivity index (χ3v) is 2.43. The Balaban J connectivity index is 2.88. The highest BCUT2D eigenvalue weighted by Crippen LogP contribution is 2.12. The maximum absolute atomic E-state index is 11.7. The molecule has 0 aliphatic carbocycles. The average molecular weight is 251 g/mol. The van der Waals surface area contributed by atoms with E-state index in [-0.39, 0.29) is 11.6 Å². The number of nitrogens with zero attached hydrogens (tertiary/aromatic N) is 2. The predicted octanol–water partition coefficient (Wildman–Crippen LogP) is 1.06. The average Bonchev–Trinajstić information content (AvgIpc) is 2.34. The van der Waals surface area contributed by atoms with Crippen molar-refractivity contribution in [2.24, 2.45) is 0 Å². The molecule has 0 bridgehead atoms. The van der Waals surface area contributed by atoms with Crippen LogP contribution in [0.2, 0.25) is 0 Å². The van der Waals surface area contributed by atoms with Crippen LogP contribution in [0.1, 0.15) is 23.8 Å². The Kier molecular flexibility index (Phi) is 4.65. The van der Waals surface area contributed by atoms with Gasteiger partial charge in [-0.05, 0) is 18.6 Å². The fourth-order valence-electron chi connectivity index (χ4n) is 1.41. The molecule has 0 aromatic carbocycles. The molecular weight excluding hydrogens is 234 g/mol. The molecule has 1 atom stereocenters. The van der Waals surface area contributed by atoms with Crippen LogP contribution in [0.5, 0.6) is 0 Å². The summed E-state index contributed by atoms with van der Waals surface area (Å²) in [6, 6.07) is 2.51. The second-order valence-electron chi connectivity index (χ2n) is 4.07. The molecule has 1 aromatic heterocycles. The van der Waals surface area contributed by atoms with E-state index in [1.807, 2.05) is 0 Å². The number of anilines is 1. The Morgan fingerprint density at radius 2 is 2.17 bits per heavy atom. The van der Waals surface area contributed by atoms with Gasteiger partial charge >= 0.3 is 5.97 Å². The Labute approximate surface area is 106 Å².